The standard InChI is InChI=1S/C13H13N3O2S/c17-12-11(9-10-3-1-2-4-14-10)19-13(15-12)16-5-7-18-8-6-16/h1-4,9H,5-8H2/b11-9+. The maximum atomic E-state index is 11.9. The summed E-state index contributed by atoms with van der Waals surface area (Å²) in [4.78, 5) is 22.9. The number of hydrogen-bond donors (Lipinski definition) is 0. The van der Waals surface area contributed by atoms with Crippen LogP contribution in [0.3, 0.4) is 0 Å². The molecule has 0 saturated carbocycles. The van der Waals surface area contributed by atoms with Gasteiger partial charge in [0, 0.05) is 19.3 Å². The smallest absolute Gasteiger partial charge is 0.286 e. The minimum absolute atomic E-state index is 0.183. The van der Waals surface area contributed by atoms with Crippen LogP contribution in [0.15, 0.2) is 34.3 Å². The molecule has 2 aliphatic heterocycles. The normalized spacial score (nSPS) is 21.9. The molecular formula is C13H13N3O2S. The van der Waals surface area contributed by atoms with E-state index >= 15 is 0 Å². The maximum absolute atomic E-state index is 11.9. The Balaban J connectivity index is 1.74. The fourth-order valence-electron chi connectivity index (χ4n) is 1.88. The molecule has 2 aliphatic rings. The van der Waals surface area contributed by atoms with E-state index in [9.17, 15) is 4.79 Å². The van der Waals surface area contributed by atoms with Gasteiger partial charge in [0.05, 0.1) is 23.8 Å². The molecule has 0 spiro atoms. The van der Waals surface area contributed by atoms with Crippen LogP contribution in [0.4, 0.5) is 0 Å². The summed E-state index contributed by atoms with van der Waals surface area (Å²) >= 11 is 1.41. The van der Waals surface area contributed by atoms with Gasteiger partial charge in [0.15, 0.2) is 5.17 Å². The number of ether oxygens (including phenoxy) is 1. The lowest BCUT2D eigenvalue weighted by Crippen LogP contribution is -2.38. The van der Waals surface area contributed by atoms with Gasteiger partial charge in [-0.2, -0.15) is 4.99 Å². The number of rotatable bonds is 1. The van der Waals surface area contributed by atoms with E-state index in [-0.39, 0.29) is 5.91 Å². The van der Waals surface area contributed by atoms with Crippen LogP contribution in [0.5, 0.6) is 0 Å². The predicted octanol–water partition coefficient (Wildman–Crippen LogP) is 1.38. The van der Waals surface area contributed by atoms with E-state index in [1.807, 2.05) is 18.2 Å². The van der Waals surface area contributed by atoms with Crippen molar-refractivity contribution in [1.29, 1.82) is 0 Å². The molecule has 3 rings (SSSR count). The van der Waals surface area contributed by atoms with Crippen molar-refractivity contribution >= 4 is 28.9 Å². The van der Waals surface area contributed by atoms with Gasteiger partial charge < -0.3 is 9.64 Å². The second-order valence-electron chi connectivity index (χ2n) is 4.16. The van der Waals surface area contributed by atoms with Crippen molar-refractivity contribution in [3.05, 3.63) is 35.0 Å². The Kier molecular flexibility index (Phi) is 3.61. The first-order valence-corrected chi connectivity index (χ1v) is 6.91. The minimum Gasteiger partial charge on any atom is -0.378 e. The molecular weight excluding hydrogens is 262 g/mol. The Hall–Kier alpha value is -1.66. The lowest BCUT2D eigenvalue weighted by molar-refractivity contribution is -0.113. The van der Waals surface area contributed by atoms with E-state index in [1.54, 1.807) is 12.3 Å². The third-order valence-electron chi connectivity index (χ3n) is 2.86. The highest BCUT2D eigenvalue weighted by atomic mass is 32.2. The Morgan fingerprint density at radius 2 is 2.16 bits per heavy atom. The quantitative estimate of drug-likeness (QED) is 0.725. The number of nitrogens with zero attached hydrogens (tertiary/aromatic N) is 3. The molecule has 19 heavy (non-hydrogen) atoms. The molecule has 98 valence electrons. The van der Waals surface area contributed by atoms with Crippen molar-refractivity contribution in [3.63, 3.8) is 0 Å². The zero-order chi connectivity index (χ0) is 13.1. The molecule has 1 fully saturated rings. The number of carbonyl (C=O) groups is 1. The highest BCUT2D eigenvalue weighted by Gasteiger charge is 2.27. The first kappa shape index (κ1) is 12.4. The summed E-state index contributed by atoms with van der Waals surface area (Å²) < 4.78 is 5.29. The summed E-state index contributed by atoms with van der Waals surface area (Å²) in [5.74, 6) is -0.183. The van der Waals surface area contributed by atoms with Crippen LogP contribution < -0.4 is 0 Å². The SMILES string of the molecule is O=C1N=C(N2CCOCC2)S/C1=C/c1ccccn1. The Bertz CT molecular complexity index is 536. The summed E-state index contributed by atoms with van der Waals surface area (Å²) in [6.07, 6.45) is 3.49. The molecule has 6 heteroatoms. The van der Waals surface area contributed by atoms with Crippen LogP contribution in [-0.4, -0.2) is 47.3 Å². The van der Waals surface area contributed by atoms with Gasteiger partial charge in [-0.1, -0.05) is 6.07 Å². The molecule has 1 saturated heterocycles. The third kappa shape index (κ3) is 2.85. The van der Waals surface area contributed by atoms with E-state index in [2.05, 4.69) is 14.9 Å². The van der Waals surface area contributed by atoms with Crippen molar-refractivity contribution < 1.29 is 9.53 Å². The second kappa shape index (κ2) is 5.54. The van der Waals surface area contributed by atoms with Crippen molar-refractivity contribution in [1.82, 2.24) is 9.88 Å². The van der Waals surface area contributed by atoms with E-state index in [0.717, 1.165) is 24.0 Å². The molecule has 1 aromatic rings. The molecule has 0 aromatic carbocycles. The summed E-state index contributed by atoms with van der Waals surface area (Å²) in [5.41, 5.74) is 0.775. The fraction of sp³-hybridized carbons (Fsp3) is 0.308. The molecule has 3 heterocycles. The third-order valence-corrected chi connectivity index (χ3v) is 3.90. The van der Waals surface area contributed by atoms with Crippen LogP contribution in [0, 0.1) is 0 Å². The molecule has 0 atom stereocenters. The van der Waals surface area contributed by atoms with E-state index in [4.69, 9.17) is 4.74 Å². The van der Waals surface area contributed by atoms with Crippen molar-refractivity contribution in [2.24, 2.45) is 4.99 Å². The zero-order valence-corrected chi connectivity index (χ0v) is 11.1. The summed E-state index contributed by atoms with van der Waals surface area (Å²) in [5, 5.41) is 0.774. The number of morpholine rings is 1. The molecule has 0 N–H and O–H groups in total. The monoisotopic (exact) mass is 275 g/mol. The Morgan fingerprint density at radius 3 is 2.89 bits per heavy atom. The van der Waals surface area contributed by atoms with Gasteiger partial charge in [0.1, 0.15) is 0 Å². The molecule has 0 bridgehead atoms. The molecule has 1 amide bonds. The zero-order valence-electron chi connectivity index (χ0n) is 10.3. The first-order chi connectivity index (χ1) is 9.33. The summed E-state index contributed by atoms with van der Waals surface area (Å²) in [7, 11) is 0. The van der Waals surface area contributed by atoms with Crippen molar-refractivity contribution in [2.45, 2.75) is 0 Å². The summed E-state index contributed by atoms with van der Waals surface area (Å²) in [6, 6.07) is 5.61. The van der Waals surface area contributed by atoms with Gasteiger partial charge in [-0.25, -0.2) is 0 Å². The number of amidine groups is 1. The first-order valence-electron chi connectivity index (χ1n) is 6.09. The lowest BCUT2D eigenvalue weighted by atomic mass is 10.3. The summed E-state index contributed by atoms with van der Waals surface area (Å²) in [6.45, 7) is 2.95. The average molecular weight is 275 g/mol. The predicted molar refractivity (Wildman–Crippen MR) is 74.6 cm³/mol. The van der Waals surface area contributed by atoms with Crippen molar-refractivity contribution in [2.75, 3.05) is 26.3 Å². The molecule has 0 aliphatic carbocycles. The average Bonchev–Trinajstić information content (AvgIpc) is 2.82. The van der Waals surface area contributed by atoms with Gasteiger partial charge in [-0.15, -0.1) is 0 Å². The topological polar surface area (TPSA) is 54.8 Å². The lowest BCUT2D eigenvalue weighted by Gasteiger charge is -2.27. The van der Waals surface area contributed by atoms with Crippen molar-refractivity contribution in [3.8, 4) is 0 Å². The van der Waals surface area contributed by atoms with Gasteiger partial charge in [0.25, 0.3) is 5.91 Å². The number of pyridine rings is 1. The maximum Gasteiger partial charge on any atom is 0.286 e. The van der Waals surface area contributed by atoms with Crippen LogP contribution in [0.1, 0.15) is 5.69 Å². The van der Waals surface area contributed by atoms with E-state index < -0.39 is 0 Å². The highest BCUT2D eigenvalue weighted by molar-refractivity contribution is 8.18. The van der Waals surface area contributed by atoms with E-state index in [1.165, 1.54) is 11.8 Å². The molecule has 0 unspecified atom stereocenters. The van der Waals surface area contributed by atoms with Gasteiger partial charge >= 0.3 is 0 Å². The Labute approximate surface area is 115 Å². The fourth-order valence-corrected chi connectivity index (χ4v) is 2.83. The largest absolute Gasteiger partial charge is 0.378 e. The van der Waals surface area contributed by atoms with Crippen LogP contribution in [0.25, 0.3) is 6.08 Å². The number of hydrogen-bond acceptors (Lipinski definition) is 5. The number of amides is 1. The number of aliphatic imine (C=N–C) groups is 1. The Morgan fingerprint density at radius 1 is 1.32 bits per heavy atom. The van der Waals surface area contributed by atoms with Gasteiger partial charge in [-0.3, -0.25) is 9.78 Å². The van der Waals surface area contributed by atoms with Crippen LogP contribution in [-0.2, 0) is 9.53 Å². The van der Waals surface area contributed by atoms with Crippen LogP contribution >= 0.6 is 11.8 Å². The van der Waals surface area contributed by atoms with Gasteiger partial charge in [0.2, 0.25) is 0 Å². The minimum atomic E-state index is -0.183. The second-order valence-corrected chi connectivity index (χ2v) is 5.17. The highest BCUT2D eigenvalue weighted by Crippen LogP contribution is 2.30. The number of carbonyl (C=O) groups excluding carboxylic acids is 1. The molecule has 1 aromatic heterocycles. The van der Waals surface area contributed by atoms with Gasteiger partial charge in [-0.05, 0) is 30.0 Å². The van der Waals surface area contributed by atoms with E-state index in [0.29, 0.717) is 18.1 Å². The number of aromatic nitrogens is 1. The molecule has 0 radical (unpaired) electrons. The number of thioether (sulfide) groups is 1. The molecule has 5 nitrogen and oxygen atoms in total. The van der Waals surface area contributed by atoms with Crippen LogP contribution in [0.2, 0.25) is 0 Å².